The maximum atomic E-state index is 14.0. The Bertz CT molecular complexity index is 747. The lowest BCUT2D eigenvalue weighted by Gasteiger charge is -2.33. The van der Waals surface area contributed by atoms with Crippen LogP contribution in [-0.2, 0) is 6.54 Å². The van der Waals surface area contributed by atoms with Crippen LogP contribution in [0.4, 0.5) is 4.39 Å². The summed E-state index contributed by atoms with van der Waals surface area (Å²) in [5.74, 6) is 2.17. The first-order valence-corrected chi connectivity index (χ1v) is 9.51. The zero-order chi connectivity index (χ0) is 19.1. The van der Waals surface area contributed by atoms with Gasteiger partial charge in [0.15, 0.2) is 17.5 Å². The molecule has 2 N–H and O–H groups in total. The number of hydrogen-bond donors (Lipinski definition) is 2. The van der Waals surface area contributed by atoms with E-state index >= 15 is 0 Å². The van der Waals surface area contributed by atoms with Crippen molar-refractivity contribution in [3.05, 3.63) is 41.7 Å². The summed E-state index contributed by atoms with van der Waals surface area (Å²) in [5, 5.41) is 10.3. The molecular weight excluding hydrogens is 474 g/mol. The summed E-state index contributed by atoms with van der Waals surface area (Å²) in [5.41, 5.74) is 0.822. The predicted octanol–water partition coefficient (Wildman–Crippen LogP) is 3.31. The van der Waals surface area contributed by atoms with E-state index in [4.69, 9.17) is 9.73 Å². The first kappa shape index (κ1) is 22.4. The van der Waals surface area contributed by atoms with Gasteiger partial charge in [-0.3, -0.25) is 5.10 Å². The highest BCUT2D eigenvalue weighted by molar-refractivity contribution is 14.0. The van der Waals surface area contributed by atoms with Gasteiger partial charge in [-0.25, -0.2) is 14.4 Å². The van der Waals surface area contributed by atoms with Crippen molar-refractivity contribution >= 4 is 29.9 Å². The molecule has 0 amide bonds. The number of hydrogen-bond acceptors (Lipinski definition) is 4. The highest BCUT2D eigenvalue weighted by Crippen LogP contribution is 2.25. The van der Waals surface area contributed by atoms with Crippen molar-refractivity contribution in [2.75, 3.05) is 26.2 Å². The zero-order valence-electron chi connectivity index (χ0n) is 16.3. The average molecular weight is 502 g/mol. The molecule has 0 unspecified atom stereocenters. The summed E-state index contributed by atoms with van der Waals surface area (Å²) in [6, 6.07) is 5.02. The van der Waals surface area contributed by atoms with Crippen molar-refractivity contribution in [1.82, 2.24) is 25.4 Å². The topological polar surface area (TPSA) is 78.4 Å². The standard InChI is InChI=1S/C19H27FN6O.HI/c1-3-21-19(22-12-14-5-6-17(27-4-2)16(20)11-14)26-9-7-15(8-10-26)18-23-13-24-25-18;/h5-6,11,13,15H,3-4,7-10,12H2,1-2H3,(H,21,22)(H,23,24,25);1H. The highest BCUT2D eigenvalue weighted by Gasteiger charge is 2.24. The van der Waals surface area contributed by atoms with E-state index in [1.807, 2.05) is 19.9 Å². The van der Waals surface area contributed by atoms with Crippen LogP contribution in [0.5, 0.6) is 5.75 Å². The number of ether oxygens (including phenoxy) is 1. The second kappa shape index (κ2) is 11.2. The number of H-pyrrole nitrogens is 1. The van der Waals surface area contributed by atoms with E-state index in [9.17, 15) is 4.39 Å². The summed E-state index contributed by atoms with van der Waals surface area (Å²) < 4.78 is 19.3. The van der Waals surface area contributed by atoms with Gasteiger partial charge >= 0.3 is 0 Å². The van der Waals surface area contributed by atoms with Crippen LogP contribution in [0.2, 0.25) is 0 Å². The Morgan fingerprint density at radius 3 is 2.75 bits per heavy atom. The summed E-state index contributed by atoms with van der Waals surface area (Å²) in [6.07, 6.45) is 3.55. The fraction of sp³-hybridized carbons (Fsp3) is 0.526. The van der Waals surface area contributed by atoms with Crippen LogP contribution >= 0.6 is 24.0 Å². The number of nitrogens with one attached hydrogen (secondary N) is 2. The summed E-state index contributed by atoms with van der Waals surface area (Å²) in [4.78, 5) is 11.2. The molecule has 1 saturated heterocycles. The lowest BCUT2D eigenvalue weighted by Crippen LogP contribution is -2.45. The zero-order valence-corrected chi connectivity index (χ0v) is 18.7. The van der Waals surface area contributed by atoms with Crippen LogP contribution < -0.4 is 10.1 Å². The molecule has 2 aromatic rings. The summed E-state index contributed by atoms with van der Waals surface area (Å²) in [7, 11) is 0. The molecule has 1 aliphatic heterocycles. The van der Waals surface area contributed by atoms with E-state index < -0.39 is 0 Å². The van der Waals surface area contributed by atoms with Gasteiger partial charge in [-0.2, -0.15) is 5.10 Å². The lowest BCUT2D eigenvalue weighted by atomic mass is 9.96. The first-order valence-electron chi connectivity index (χ1n) is 9.51. The molecule has 1 fully saturated rings. The SMILES string of the molecule is CCNC(=NCc1ccc(OCC)c(F)c1)N1CCC(c2ncn[nH]2)CC1.I. The molecule has 0 spiro atoms. The van der Waals surface area contributed by atoms with Gasteiger partial charge in [0.2, 0.25) is 0 Å². The fourth-order valence-electron chi connectivity index (χ4n) is 3.28. The molecule has 28 heavy (non-hydrogen) atoms. The number of aliphatic imine (C=N–C) groups is 1. The Morgan fingerprint density at radius 1 is 1.36 bits per heavy atom. The van der Waals surface area contributed by atoms with Crippen molar-refractivity contribution in [3.8, 4) is 5.75 Å². The van der Waals surface area contributed by atoms with Gasteiger partial charge in [0, 0.05) is 25.6 Å². The predicted molar refractivity (Wildman–Crippen MR) is 118 cm³/mol. The molecule has 0 bridgehead atoms. The minimum Gasteiger partial charge on any atom is -0.491 e. The number of guanidine groups is 1. The van der Waals surface area contributed by atoms with Gasteiger partial charge in [-0.05, 0) is 44.4 Å². The number of piperidine rings is 1. The third-order valence-electron chi connectivity index (χ3n) is 4.66. The second-order valence-electron chi connectivity index (χ2n) is 6.50. The number of rotatable bonds is 6. The van der Waals surface area contributed by atoms with E-state index in [1.165, 1.54) is 6.07 Å². The van der Waals surface area contributed by atoms with E-state index in [0.717, 1.165) is 49.8 Å². The molecule has 9 heteroatoms. The maximum Gasteiger partial charge on any atom is 0.194 e. The molecule has 0 atom stereocenters. The third-order valence-corrected chi connectivity index (χ3v) is 4.66. The number of likely N-dealkylation sites (tertiary alicyclic amines) is 1. The summed E-state index contributed by atoms with van der Waals surface area (Å²) in [6.45, 7) is 7.35. The Labute approximate surface area is 182 Å². The normalized spacial score (nSPS) is 15.2. The Balaban J connectivity index is 0.00000280. The minimum absolute atomic E-state index is 0. The molecular formula is C19H28FIN6O. The van der Waals surface area contributed by atoms with Crippen LogP contribution in [0, 0.1) is 5.82 Å². The molecule has 1 aromatic carbocycles. The highest BCUT2D eigenvalue weighted by atomic mass is 127. The maximum absolute atomic E-state index is 14.0. The lowest BCUT2D eigenvalue weighted by molar-refractivity contribution is 0.299. The second-order valence-corrected chi connectivity index (χ2v) is 6.50. The van der Waals surface area contributed by atoms with E-state index in [-0.39, 0.29) is 35.5 Å². The molecule has 7 nitrogen and oxygen atoms in total. The number of halogens is 2. The van der Waals surface area contributed by atoms with Crippen LogP contribution in [0.3, 0.4) is 0 Å². The fourth-order valence-corrected chi connectivity index (χ4v) is 3.28. The van der Waals surface area contributed by atoms with Crippen molar-refractivity contribution in [3.63, 3.8) is 0 Å². The van der Waals surface area contributed by atoms with Crippen molar-refractivity contribution < 1.29 is 9.13 Å². The monoisotopic (exact) mass is 502 g/mol. The molecule has 3 rings (SSSR count). The first-order chi connectivity index (χ1) is 13.2. The van der Waals surface area contributed by atoms with Crippen LogP contribution in [-0.4, -0.2) is 52.3 Å². The molecule has 0 radical (unpaired) electrons. The largest absolute Gasteiger partial charge is 0.491 e. The third kappa shape index (κ3) is 5.79. The Kier molecular flexibility index (Phi) is 8.94. The van der Waals surface area contributed by atoms with E-state index in [2.05, 4.69) is 25.4 Å². The molecule has 1 aromatic heterocycles. The van der Waals surface area contributed by atoms with Gasteiger partial charge in [0.1, 0.15) is 12.2 Å². The molecule has 2 heterocycles. The molecule has 1 aliphatic rings. The van der Waals surface area contributed by atoms with Crippen LogP contribution in [0.15, 0.2) is 29.5 Å². The molecule has 0 aliphatic carbocycles. The van der Waals surface area contributed by atoms with E-state index in [0.29, 0.717) is 19.1 Å². The van der Waals surface area contributed by atoms with E-state index in [1.54, 1.807) is 12.4 Å². The quantitative estimate of drug-likeness (QED) is 0.360. The van der Waals surface area contributed by atoms with Crippen molar-refractivity contribution in [2.45, 2.75) is 39.2 Å². The molecule has 154 valence electrons. The minimum atomic E-state index is -0.345. The van der Waals surface area contributed by atoms with Crippen molar-refractivity contribution in [2.24, 2.45) is 4.99 Å². The van der Waals surface area contributed by atoms with Gasteiger partial charge in [0.05, 0.1) is 13.2 Å². The van der Waals surface area contributed by atoms with Gasteiger partial charge < -0.3 is 15.0 Å². The smallest absolute Gasteiger partial charge is 0.194 e. The van der Waals surface area contributed by atoms with Gasteiger partial charge in [-0.15, -0.1) is 24.0 Å². The number of aromatic amines is 1. The Morgan fingerprint density at radius 2 is 2.14 bits per heavy atom. The Hall–Kier alpha value is -1.91. The summed E-state index contributed by atoms with van der Waals surface area (Å²) >= 11 is 0. The van der Waals surface area contributed by atoms with Crippen LogP contribution in [0.1, 0.15) is 44.0 Å². The average Bonchev–Trinajstić information content (AvgIpc) is 3.22. The van der Waals surface area contributed by atoms with Crippen LogP contribution in [0.25, 0.3) is 0 Å². The van der Waals surface area contributed by atoms with Gasteiger partial charge in [0.25, 0.3) is 0 Å². The molecule has 0 saturated carbocycles. The number of aromatic nitrogens is 3. The number of nitrogens with zero attached hydrogens (tertiary/aromatic N) is 4. The van der Waals surface area contributed by atoms with Gasteiger partial charge in [-0.1, -0.05) is 6.07 Å². The number of benzene rings is 1. The van der Waals surface area contributed by atoms with Crippen molar-refractivity contribution in [1.29, 1.82) is 0 Å².